The number of hydrogen-bond acceptors (Lipinski definition) is 2. The van der Waals surface area contributed by atoms with Gasteiger partial charge in [-0.15, -0.1) is 0 Å². The van der Waals surface area contributed by atoms with Crippen molar-refractivity contribution in [2.75, 3.05) is 0 Å². The molecular formula is C16H16N2. The smallest absolute Gasteiger partial charge is 0.0547 e. The summed E-state index contributed by atoms with van der Waals surface area (Å²) < 4.78 is 0. The van der Waals surface area contributed by atoms with Crippen LogP contribution in [0.15, 0.2) is 61.0 Å². The highest BCUT2D eigenvalue weighted by Gasteiger charge is 2.02. The number of fused-ring (bicyclic) bond motifs is 1. The fourth-order valence-corrected chi connectivity index (χ4v) is 1.84. The molecule has 0 aliphatic heterocycles. The average molecular weight is 236 g/mol. The van der Waals surface area contributed by atoms with Gasteiger partial charge in [-0.2, -0.15) is 0 Å². The molecule has 2 heteroatoms. The SMILES string of the molecule is C=Cc1cc2ccccc2cc1/C=C(/N)C(=C)N. The predicted octanol–water partition coefficient (Wildman–Crippen LogP) is 3.25. The molecule has 0 saturated carbocycles. The van der Waals surface area contributed by atoms with Gasteiger partial charge in [-0.25, -0.2) is 0 Å². The molecule has 90 valence electrons. The lowest BCUT2D eigenvalue weighted by Gasteiger charge is -2.07. The molecule has 18 heavy (non-hydrogen) atoms. The van der Waals surface area contributed by atoms with E-state index in [1.807, 2.05) is 24.3 Å². The molecular weight excluding hydrogens is 220 g/mol. The Bertz CT molecular complexity index is 651. The Morgan fingerprint density at radius 3 is 2.06 bits per heavy atom. The molecule has 0 fully saturated rings. The average Bonchev–Trinajstić information content (AvgIpc) is 2.37. The van der Waals surface area contributed by atoms with Crippen LogP contribution in [0.5, 0.6) is 0 Å². The van der Waals surface area contributed by atoms with Crippen molar-refractivity contribution in [2.24, 2.45) is 11.5 Å². The van der Waals surface area contributed by atoms with Crippen molar-refractivity contribution < 1.29 is 0 Å². The highest BCUT2D eigenvalue weighted by molar-refractivity contribution is 5.88. The fourth-order valence-electron chi connectivity index (χ4n) is 1.84. The van der Waals surface area contributed by atoms with Crippen molar-refractivity contribution in [3.8, 4) is 0 Å². The molecule has 2 aromatic carbocycles. The fraction of sp³-hybridized carbons (Fsp3) is 0. The molecule has 0 aliphatic carbocycles. The molecule has 2 aromatic rings. The summed E-state index contributed by atoms with van der Waals surface area (Å²) in [5.74, 6) is 0. The van der Waals surface area contributed by atoms with Crippen LogP contribution in [0, 0.1) is 0 Å². The van der Waals surface area contributed by atoms with Crippen molar-refractivity contribution in [2.45, 2.75) is 0 Å². The van der Waals surface area contributed by atoms with Gasteiger partial charge in [0.25, 0.3) is 0 Å². The summed E-state index contributed by atoms with van der Waals surface area (Å²) in [5.41, 5.74) is 14.3. The second-order valence-electron chi connectivity index (χ2n) is 4.16. The molecule has 0 bridgehead atoms. The van der Waals surface area contributed by atoms with Crippen LogP contribution >= 0.6 is 0 Å². The summed E-state index contributed by atoms with van der Waals surface area (Å²) in [5, 5.41) is 2.33. The summed E-state index contributed by atoms with van der Waals surface area (Å²) in [6.07, 6.45) is 3.64. The second-order valence-corrected chi connectivity index (χ2v) is 4.16. The third kappa shape index (κ3) is 2.28. The molecule has 0 saturated heterocycles. The highest BCUT2D eigenvalue weighted by atomic mass is 14.7. The van der Waals surface area contributed by atoms with Crippen molar-refractivity contribution in [1.29, 1.82) is 0 Å². The lowest BCUT2D eigenvalue weighted by atomic mass is 10.00. The Hall–Kier alpha value is -2.48. The highest BCUT2D eigenvalue weighted by Crippen LogP contribution is 2.23. The Kier molecular flexibility index (Phi) is 3.20. The summed E-state index contributed by atoms with van der Waals surface area (Å²) in [6, 6.07) is 12.3. The van der Waals surface area contributed by atoms with Gasteiger partial charge in [0.1, 0.15) is 0 Å². The first-order chi connectivity index (χ1) is 8.61. The minimum absolute atomic E-state index is 0.373. The first-order valence-electron chi connectivity index (χ1n) is 5.69. The summed E-state index contributed by atoms with van der Waals surface area (Å²) >= 11 is 0. The first-order valence-corrected chi connectivity index (χ1v) is 5.69. The lowest BCUT2D eigenvalue weighted by molar-refractivity contribution is 1.28. The second kappa shape index (κ2) is 4.80. The summed E-state index contributed by atoms with van der Waals surface area (Å²) in [6.45, 7) is 7.45. The van der Waals surface area contributed by atoms with Gasteiger partial charge in [-0.1, -0.05) is 43.5 Å². The number of nitrogens with two attached hydrogens (primary N) is 2. The molecule has 0 aliphatic rings. The van der Waals surface area contributed by atoms with E-state index in [0.717, 1.165) is 16.5 Å². The third-order valence-electron chi connectivity index (χ3n) is 2.85. The minimum atomic E-state index is 0.373. The van der Waals surface area contributed by atoms with E-state index in [2.05, 4.69) is 37.4 Å². The Labute approximate surface area is 107 Å². The zero-order chi connectivity index (χ0) is 13.1. The van der Waals surface area contributed by atoms with E-state index in [4.69, 9.17) is 11.5 Å². The number of rotatable bonds is 3. The van der Waals surface area contributed by atoms with Crippen molar-refractivity contribution >= 4 is 22.9 Å². The quantitative estimate of drug-likeness (QED) is 0.804. The molecule has 2 nitrogen and oxygen atoms in total. The van der Waals surface area contributed by atoms with Crippen LogP contribution in [0.2, 0.25) is 0 Å². The van der Waals surface area contributed by atoms with E-state index in [0.29, 0.717) is 11.4 Å². The van der Waals surface area contributed by atoms with Gasteiger partial charge in [-0.3, -0.25) is 0 Å². The molecule has 0 heterocycles. The van der Waals surface area contributed by atoms with E-state index in [1.54, 1.807) is 0 Å². The zero-order valence-corrected chi connectivity index (χ0v) is 10.2. The molecule has 0 spiro atoms. The molecule has 2 rings (SSSR count). The summed E-state index contributed by atoms with van der Waals surface area (Å²) in [7, 11) is 0. The van der Waals surface area contributed by atoms with E-state index in [1.165, 1.54) is 5.39 Å². The Morgan fingerprint density at radius 1 is 1.00 bits per heavy atom. The van der Waals surface area contributed by atoms with Gasteiger partial charge in [0.2, 0.25) is 0 Å². The van der Waals surface area contributed by atoms with E-state index < -0.39 is 0 Å². The maximum Gasteiger partial charge on any atom is 0.0547 e. The molecule has 0 unspecified atom stereocenters. The molecule has 0 amide bonds. The largest absolute Gasteiger partial charge is 0.398 e. The van der Waals surface area contributed by atoms with Crippen LogP contribution in [0.3, 0.4) is 0 Å². The van der Waals surface area contributed by atoms with Crippen LogP contribution in [0.1, 0.15) is 11.1 Å². The van der Waals surface area contributed by atoms with Crippen molar-refractivity contribution in [3.63, 3.8) is 0 Å². The zero-order valence-electron chi connectivity index (χ0n) is 10.2. The van der Waals surface area contributed by atoms with Crippen molar-refractivity contribution in [3.05, 3.63) is 72.1 Å². The Morgan fingerprint density at radius 2 is 1.56 bits per heavy atom. The lowest BCUT2D eigenvalue weighted by Crippen LogP contribution is -2.07. The first kappa shape index (κ1) is 12.0. The van der Waals surface area contributed by atoms with Gasteiger partial charge in [-0.05, 0) is 40.1 Å². The number of hydrogen-bond donors (Lipinski definition) is 2. The molecule has 0 atom stereocenters. The van der Waals surface area contributed by atoms with Crippen LogP contribution < -0.4 is 11.5 Å². The maximum absolute atomic E-state index is 5.82. The maximum atomic E-state index is 5.82. The topological polar surface area (TPSA) is 52.0 Å². The molecule has 4 N–H and O–H groups in total. The van der Waals surface area contributed by atoms with Gasteiger partial charge >= 0.3 is 0 Å². The standard InChI is InChI=1S/C16H16N2/c1-3-12-8-13-6-4-5-7-14(13)9-15(12)10-16(18)11(2)17/h3-10H,1-2,17-18H2/b16-10+. The van der Waals surface area contributed by atoms with Gasteiger partial charge in [0, 0.05) is 5.70 Å². The van der Waals surface area contributed by atoms with Gasteiger partial charge in [0.05, 0.1) is 5.70 Å². The van der Waals surface area contributed by atoms with E-state index in [-0.39, 0.29) is 0 Å². The minimum Gasteiger partial charge on any atom is -0.398 e. The summed E-state index contributed by atoms with van der Waals surface area (Å²) in [4.78, 5) is 0. The normalized spacial score (nSPS) is 11.4. The van der Waals surface area contributed by atoms with Crippen LogP contribution in [0.25, 0.3) is 22.9 Å². The van der Waals surface area contributed by atoms with E-state index >= 15 is 0 Å². The van der Waals surface area contributed by atoms with Crippen LogP contribution in [-0.4, -0.2) is 0 Å². The Balaban J connectivity index is 2.65. The van der Waals surface area contributed by atoms with Gasteiger partial charge < -0.3 is 11.5 Å². The van der Waals surface area contributed by atoms with Crippen LogP contribution in [-0.2, 0) is 0 Å². The molecule has 0 radical (unpaired) electrons. The van der Waals surface area contributed by atoms with E-state index in [9.17, 15) is 0 Å². The third-order valence-corrected chi connectivity index (χ3v) is 2.85. The predicted molar refractivity (Wildman–Crippen MR) is 79.5 cm³/mol. The van der Waals surface area contributed by atoms with Crippen LogP contribution in [0.4, 0.5) is 0 Å². The number of benzene rings is 2. The molecule has 0 aromatic heterocycles. The van der Waals surface area contributed by atoms with Gasteiger partial charge in [0.15, 0.2) is 0 Å². The van der Waals surface area contributed by atoms with Crippen molar-refractivity contribution in [1.82, 2.24) is 0 Å². The monoisotopic (exact) mass is 236 g/mol.